The molecule has 0 radical (unpaired) electrons. The maximum absolute atomic E-state index is 5.45. The van der Waals surface area contributed by atoms with Gasteiger partial charge in [0.2, 0.25) is 0 Å². The number of ether oxygens (including phenoxy) is 1. The Morgan fingerprint density at radius 3 is 2.60 bits per heavy atom. The van der Waals surface area contributed by atoms with Crippen molar-refractivity contribution in [2.24, 2.45) is 5.41 Å². The lowest BCUT2D eigenvalue weighted by Gasteiger charge is -2.33. The van der Waals surface area contributed by atoms with Gasteiger partial charge in [0.15, 0.2) is 0 Å². The molecule has 0 bridgehead atoms. The molecule has 2 aliphatic rings. The summed E-state index contributed by atoms with van der Waals surface area (Å²) in [6, 6.07) is 1.99. The smallest absolute Gasteiger partial charge is 0.136 e. The van der Waals surface area contributed by atoms with Crippen LogP contribution in [0.1, 0.15) is 44.3 Å². The predicted molar refractivity (Wildman–Crippen MR) is 80.2 cm³/mol. The third-order valence-electron chi connectivity index (χ3n) is 4.34. The van der Waals surface area contributed by atoms with E-state index < -0.39 is 0 Å². The molecule has 1 aromatic rings. The molecule has 2 heterocycles. The van der Waals surface area contributed by atoms with E-state index >= 15 is 0 Å². The second-order valence-electron chi connectivity index (χ2n) is 6.30. The molecular formula is C15H24N4O. The summed E-state index contributed by atoms with van der Waals surface area (Å²) < 4.78 is 5.45. The van der Waals surface area contributed by atoms with E-state index in [0.29, 0.717) is 11.3 Å². The number of nitrogens with zero attached hydrogens (tertiary/aromatic N) is 2. The lowest BCUT2D eigenvalue weighted by Crippen LogP contribution is -2.33. The van der Waals surface area contributed by atoms with E-state index in [1.165, 1.54) is 12.8 Å². The molecular weight excluding hydrogens is 252 g/mol. The Hall–Kier alpha value is -1.36. The molecule has 0 unspecified atom stereocenters. The number of hydrogen-bond acceptors (Lipinski definition) is 5. The summed E-state index contributed by atoms with van der Waals surface area (Å²) in [6.07, 6.45) is 4.67. The maximum atomic E-state index is 5.45. The fraction of sp³-hybridized carbons (Fsp3) is 0.733. The fourth-order valence-corrected chi connectivity index (χ4v) is 2.55. The highest BCUT2D eigenvalue weighted by Gasteiger charge is 2.29. The van der Waals surface area contributed by atoms with Crippen molar-refractivity contribution in [2.45, 2.75) is 38.5 Å². The van der Waals surface area contributed by atoms with Crippen molar-refractivity contribution < 1.29 is 4.74 Å². The van der Waals surface area contributed by atoms with Crippen LogP contribution in [0.15, 0.2) is 6.07 Å². The first-order valence-electron chi connectivity index (χ1n) is 7.57. The Balaban J connectivity index is 1.68. The normalized spacial score (nSPS) is 21.5. The number of hydrogen-bond donors (Lipinski definition) is 2. The summed E-state index contributed by atoms with van der Waals surface area (Å²) in [4.78, 5) is 9.21. The van der Waals surface area contributed by atoms with Crippen LogP contribution in [0.25, 0.3) is 0 Å². The molecule has 1 saturated carbocycles. The van der Waals surface area contributed by atoms with Gasteiger partial charge >= 0.3 is 0 Å². The van der Waals surface area contributed by atoms with Gasteiger partial charge in [0.1, 0.15) is 17.5 Å². The highest BCUT2D eigenvalue weighted by atomic mass is 16.5. The topological polar surface area (TPSA) is 59.1 Å². The monoisotopic (exact) mass is 276 g/mol. The first-order valence-corrected chi connectivity index (χ1v) is 7.57. The molecule has 5 nitrogen and oxygen atoms in total. The third kappa shape index (κ3) is 3.20. The average molecular weight is 276 g/mol. The Morgan fingerprint density at radius 2 is 1.95 bits per heavy atom. The summed E-state index contributed by atoms with van der Waals surface area (Å²) >= 11 is 0. The molecule has 0 aromatic carbocycles. The minimum Gasteiger partial charge on any atom is -0.381 e. The van der Waals surface area contributed by atoms with Crippen molar-refractivity contribution in [3.8, 4) is 0 Å². The van der Waals surface area contributed by atoms with Crippen LogP contribution in [-0.4, -0.2) is 36.8 Å². The minimum atomic E-state index is 0.308. The summed E-state index contributed by atoms with van der Waals surface area (Å²) in [7, 11) is 1.91. The zero-order chi connectivity index (χ0) is 14.0. The molecule has 2 N–H and O–H groups in total. The van der Waals surface area contributed by atoms with Gasteiger partial charge in [0.05, 0.1) is 0 Å². The molecule has 0 spiro atoms. The highest BCUT2D eigenvalue weighted by molar-refractivity contribution is 5.48. The van der Waals surface area contributed by atoms with Gasteiger partial charge in [0, 0.05) is 38.8 Å². The van der Waals surface area contributed by atoms with Gasteiger partial charge in [-0.2, -0.15) is 0 Å². The standard InChI is InChI=1S/C15H24N4O/c1-15(5-7-20-8-6-15)10-17-13-9-12(16-2)18-14(19-13)11-3-4-11/h9,11H,3-8,10H2,1-2H3,(H2,16,17,18,19). The fourth-order valence-electron chi connectivity index (χ4n) is 2.55. The Bertz CT molecular complexity index is 467. The van der Waals surface area contributed by atoms with Gasteiger partial charge in [0.25, 0.3) is 0 Å². The summed E-state index contributed by atoms with van der Waals surface area (Å²) in [5.41, 5.74) is 0.308. The summed E-state index contributed by atoms with van der Waals surface area (Å²) in [5.74, 6) is 3.40. The molecule has 110 valence electrons. The Morgan fingerprint density at radius 1 is 1.25 bits per heavy atom. The number of aromatic nitrogens is 2. The molecule has 5 heteroatoms. The van der Waals surface area contributed by atoms with E-state index in [-0.39, 0.29) is 0 Å². The van der Waals surface area contributed by atoms with Crippen LogP contribution < -0.4 is 10.6 Å². The number of anilines is 2. The van der Waals surface area contributed by atoms with Crippen molar-refractivity contribution in [1.82, 2.24) is 9.97 Å². The number of rotatable bonds is 5. The van der Waals surface area contributed by atoms with Crippen LogP contribution in [0.2, 0.25) is 0 Å². The molecule has 0 atom stereocenters. The molecule has 1 saturated heterocycles. The second kappa shape index (κ2) is 5.56. The van der Waals surface area contributed by atoms with Gasteiger partial charge in [-0.15, -0.1) is 0 Å². The zero-order valence-corrected chi connectivity index (χ0v) is 12.4. The van der Waals surface area contributed by atoms with Crippen LogP contribution in [0, 0.1) is 5.41 Å². The van der Waals surface area contributed by atoms with Crippen molar-refractivity contribution in [3.63, 3.8) is 0 Å². The molecule has 3 rings (SSSR count). The first-order chi connectivity index (χ1) is 9.68. The third-order valence-corrected chi connectivity index (χ3v) is 4.34. The Labute approximate surface area is 120 Å². The largest absolute Gasteiger partial charge is 0.381 e. The molecule has 1 aromatic heterocycles. The van der Waals surface area contributed by atoms with Gasteiger partial charge in [-0.3, -0.25) is 0 Å². The minimum absolute atomic E-state index is 0.308. The second-order valence-corrected chi connectivity index (χ2v) is 6.30. The van der Waals surface area contributed by atoms with Crippen LogP contribution in [0.4, 0.5) is 11.6 Å². The van der Waals surface area contributed by atoms with E-state index in [0.717, 1.165) is 50.1 Å². The van der Waals surface area contributed by atoms with Crippen LogP contribution >= 0.6 is 0 Å². The van der Waals surface area contributed by atoms with E-state index in [9.17, 15) is 0 Å². The van der Waals surface area contributed by atoms with Gasteiger partial charge in [-0.1, -0.05) is 6.92 Å². The maximum Gasteiger partial charge on any atom is 0.136 e. The predicted octanol–water partition coefficient (Wildman–Crippen LogP) is 2.62. The van der Waals surface area contributed by atoms with Crippen LogP contribution in [-0.2, 0) is 4.74 Å². The van der Waals surface area contributed by atoms with Crippen LogP contribution in [0.5, 0.6) is 0 Å². The van der Waals surface area contributed by atoms with Crippen molar-refractivity contribution in [3.05, 3.63) is 11.9 Å². The lowest BCUT2D eigenvalue weighted by atomic mass is 9.82. The lowest BCUT2D eigenvalue weighted by molar-refractivity contribution is 0.0300. The zero-order valence-electron chi connectivity index (χ0n) is 12.4. The van der Waals surface area contributed by atoms with Crippen molar-refractivity contribution in [2.75, 3.05) is 37.4 Å². The average Bonchev–Trinajstić information content (AvgIpc) is 3.30. The van der Waals surface area contributed by atoms with E-state index in [2.05, 4.69) is 27.5 Å². The summed E-state index contributed by atoms with van der Waals surface area (Å²) in [6.45, 7) is 5.01. The molecule has 0 amide bonds. The highest BCUT2D eigenvalue weighted by Crippen LogP contribution is 2.39. The molecule has 1 aliphatic heterocycles. The molecule has 2 fully saturated rings. The Kier molecular flexibility index (Phi) is 3.78. The van der Waals surface area contributed by atoms with Gasteiger partial charge in [-0.05, 0) is 31.1 Å². The van der Waals surface area contributed by atoms with Gasteiger partial charge < -0.3 is 15.4 Å². The van der Waals surface area contributed by atoms with Crippen molar-refractivity contribution in [1.29, 1.82) is 0 Å². The van der Waals surface area contributed by atoms with E-state index in [1.807, 2.05) is 13.1 Å². The molecule has 20 heavy (non-hydrogen) atoms. The molecule has 1 aliphatic carbocycles. The van der Waals surface area contributed by atoms with Crippen LogP contribution in [0.3, 0.4) is 0 Å². The number of nitrogens with one attached hydrogen (secondary N) is 2. The SMILES string of the molecule is CNc1cc(NCC2(C)CCOCC2)nc(C2CC2)n1. The van der Waals surface area contributed by atoms with E-state index in [1.54, 1.807) is 0 Å². The first kappa shape index (κ1) is 13.6. The van der Waals surface area contributed by atoms with Crippen molar-refractivity contribution >= 4 is 11.6 Å². The summed E-state index contributed by atoms with van der Waals surface area (Å²) in [5, 5.41) is 6.63. The van der Waals surface area contributed by atoms with Gasteiger partial charge in [-0.25, -0.2) is 9.97 Å². The quantitative estimate of drug-likeness (QED) is 0.865. The van der Waals surface area contributed by atoms with E-state index in [4.69, 9.17) is 4.74 Å².